The molecular weight excluding hydrogens is 401 g/mol. The number of benzene rings is 1. The van der Waals surface area contributed by atoms with Crippen LogP contribution < -0.4 is 10.6 Å². The Bertz CT molecular complexity index is 580. The molecule has 6 heteroatoms. The minimum absolute atomic E-state index is 0. The van der Waals surface area contributed by atoms with Crippen molar-refractivity contribution in [3.63, 3.8) is 0 Å². The predicted octanol–water partition coefficient (Wildman–Crippen LogP) is 2.67. The van der Waals surface area contributed by atoms with Gasteiger partial charge in [-0.25, -0.2) is 4.98 Å². The van der Waals surface area contributed by atoms with Crippen molar-refractivity contribution in [3.05, 3.63) is 54.1 Å². The van der Waals surface area contributed by atoms with E-state index < -0.39 is 0 Å². The number of hydrogen-bond acceptors (Lipinski definition) is 2. The van der Waals surface area contributed by atoms with Crippen molar-refractivity contribution in [1.29, 1.82) is 0 Å². The van der Waals surface area contributed by atoms with Crippen LogP contribution in [0.4, 0.5) is 0 Å². The van der Waals surface area contributed by atoms with Crippen LogP contribution in [0.2, 0.25) is 0 Å². The highest BCUT2D eigenvalue weighted by molar-refractivity contribution is 14.0. The molecule has 23 heavy (non-hydrogen) atoms. The number of aromatic nitrogens is 2. The van der Waals surface area contributed by atoms with Crippen LogP contribution in [0.3, 0.4) is 0 Å². The molecule has 0 radical (unpaired) electrons. The van der Waals surface area contributed by atoms with Crippen LogP contribution in [0, 0.1) is 0 Å². The molecule has 0 aliphatic rings. The SMILES string of the molecule is CCCNC(=NC)NCCc1nccn1Cc1ccccc1.I. The monoisotopic (exact) mass is 427 g/mol. The molecule has 0 unspecified atom stereocenters. The Morgan fingerprint density at radius 2 is 1.91 bits per heavy atom. The summed E-state index contributed by atoms with van der Waals surface area (Å²) >= 11 is 0. The number of aliphatic imine (C=N–C) groups is 1. The number of guanidine groups is 1. The van der Waals surface area contributed by atoms with E-state index in [2.05, 4.69) is 56.4 Å². The highest BCUT2D eigenvalue weighted by Gasteiger charge is 2.04. The maximum absolute atomic E-state index is 4.46. The van der Waals surface area contributed by atoms with Crippen molar-refractivity contribution in [2.24, 2.45) is 4.99 Å². The first-order chi connectivity index (χ1) is 10.8. The van der Waals surface area contributed by atoms with Gasteiger partial charge in [0.1, 0.15) is 5.82 Å². The van der Waals surface area contributed by atoms with Crippen molar-refractivity contribution in [1.82, 2.24) is 20.2 Å². The number of nitrogens with one attached hydrogen (secondary N) is 2. The van der Waals surface area contributed by atoms with Gasteiger partial charge in [-0.3, -0.25) is 4.99 Å². The molecule has 0 bridgehead atoms. The minimum atomic E-state index is 0. The Labute approximate surface area is 155 Å². The topological polar surface area (TPSA) is 54.2 Å². The molecule has 0 saturated carbocycles. The van der Waals surface area contributed by atoms with Crippen LogP contribution in [0.25, 0.3) is 0 Å². The van der Waals surface area contributed by atoms with Crippen LogP contribution in [0.1, 0.15) is 24.7 Å². The van der Waals surface area contributed by atoms with Crippen LogP contribution in [0.15, 0.2) is 47.7 Å². The second kappa shape index (κ2) is 11.0. The van der Waals surface area contributed by atoms with E-state index >= 15 is 0 Å². The lowest BCUT2D eigenvalue weighted by Crippen LogP contribution is -2.38. The van der Waals surface area contributed by atoms with Gasteiger partial charge in [-0.2, -0.15) is 0 Å². The van der Waals surface area contributed by atoms with Gasteiger partial charge in [0.25, 0.3) is 0 Å². The zero-order valence-electron chi connectivity index (χ0n) is 13.8. The summed E-state index contributed by atoms with van der Waals surface area (Å²) in [4.78, 5) is 8.66. The number of nitrogens with zero attached hydrogens (tertiary/aromatic N) is 3. The van der Waals surface area contributed by atoms with E-state index in [1.807, 2.05) is 18.5 Å². The average Bonchev–Trinajstić information content (AvgIpc) is 2.99. The summed E-state index contributed by atoms with van der Waals surface area (Å²) in [5.41, 5.74) is 1.29. The molecule has 2 aromatic rings. The van der Waals surface area contributed by atoms with Gasteiger partial charge in [-0.1, -0.05) is 37.3 Å². The fourth-order valence-electron chi connectivity index (χ4n) is 2.25. The molecule has 2 N–H and O–H groups in total. The number of halogens is 1. The molecule has 0 spiro atoms. The van der Waals surface area contributed by atoms with Crippen LogP contribution >= 0.6 is 24.0 Å². The molecule has 5 nitrogen and oxygen atoms in total. The second-order valence-corrected chi connectivity index (χ2v) is 5.13. The first-order valence-electron chi connectivity index (χ1n) is 7.82. The molecule has 0 atom stereocenters. The first kappa shape index (κ1) is 19.5. The van der Waals surface area contributed by atoms with Gasteiger partial charge in [0.15, 0.2) is 5.96 Å². The lowest BCUT2D eigenvalue weighted by molar-refractivity contribution is 0.692. The van der Waals surface area contributed by atoms with Gasteiger partial charge in [-0.05, 0) is 12.0 Å². The van der Waals surface area contributed by atoms with E-state index in [0.717, 1.165) is 44.3 Å². The first-order valence-corrected chi connectivity index (χ1v) is 7.82. The summed E-state index contributed by atoms with van der Waals surface area (Å²) in [5.74, 6) is 1.94. The molecule has 0 saturated heterocycles. The zero-order chi connectivity index (χ0) is 15.6. The van der Waals surface area contributed by atoms with Gasteiger partial charge in [0.05, 0.1) is 0 Å². The average molecular weight is 427 g/mol. The van der Waals surface area contributed by atoms with Gasteiger partial charge in [0.2, 0.25) is 0 Å². The molecule has 1 heterocycles. The fourth-order valence-corrected chi connectivity index (χ4v) is 2.25. The standard InChI is InChI=1S/C17H25N5.HI/c1-3-10-20-17(18-2)21-11-9-16-19-12-13-22(16)14-15-7-5-4-6-8-15;/h4-8,12-13H,3,9-11,14H2,1-2H3,(H2,18,20,21);1H. The lowest BCUT2D eigenvalue weighted by atomic mass is 10.2. The molecule has 2 rings (SSSR count). The van der Waals surface area contributed by atoms with E-state index in [0.29, 0.717) is 0 Å². The molecule has 0 aliphatic carbocycles. The third kappa shape index (κ3) is 6.60. The Morgan fingerprint density at radius 1 is 1.17 bits per heavy atom. The van der Waals surface area contributed by atoms with Crippen molar-refractivity contribution in [3.8, 4) is 0 Å². The zero-order valence-corrected chi connectivity index (χ0v) is 16.2. The summed E-state index contributed by atoms with van der Waals surface area (Å²) in [6, 6.07) is 10.4. The third-order valence-electron chi connectivity index (χ3n) is 3.40. The Balaban J connectivity index is 0.00000264. The van der Waals surface area contributed by atoms with Crippen LogP contribution in [-0.2, 0) is 13.0 Å². The predicted molar refractivity (Wildman–Crippen MR) is 107 cm³/mol. The fraction of sp³-hybridized carbons (Fsp3) is 0.412. The van der Waals surface area contributed by atoms with E-state index in [1.165, 1.54) is 5.56 Å². The maximum atomic E-state index is 4.46. The molecule has 0 aliphatic heterocycles. The third-order valence-corrected chi connectivity index (χ3v) is 3.40. The summed E-state index contributed by atoms with van der Waals surface area (Å²) in [7, 11) is 1.79. The van der Waals surface area contributed by atoms with Crippen molar-refractivity contribution in [2.75, 3.05) is 20.1 Å². The summed E-state index contributed by atoms with van der Waals surface area (Å²) < 4.78 is 2.19. The highest BCUT2D eigenvalue weighted by atomic mass is 127. The molecule has 1 aromatic heterocycles. The smallest absolute Gasteiger partial charge is 0.190 e. The Hall–Kier alpha value is -1.57. The lowest BCUT2D eigenvalue weighted by Gasteiger charge is -2.12. The van der Waals surface area contributed by atoms with Crippen LogP contribution in [-0.4, -0.2) is 35.6 Å². The highest BCUT2D eigenvalue weighted by Crippen LogP contribution is 2.05. The Morgan fingerprint density at radius 3 is 2.61 bits per heavy atom. The normalized spacial score (nSPS) is 11.0. The van der Waals surface area contributed by atoms with E-state index in [4.69, 9.17) is 0 Å². The molecule has 0 fully saturated rings. The van der Waals surface area contributed by atoms with Crippen molar-refractivity contribution >= 4 is 29.9 Å². The van der Waals surface area contributed by atoms with Crippen molar-refractivity contribution < 1.29 is 0 Å². The number of rotatable bonds is 7. The van der Waals surface area contributed by atoms with Gasteiger partial charge in [-0.15, -0.1) is 24.0 Å². The molecule has 126 valence electrons. The number of hydrogen-bond donors (Lipinski definition) is 2. The van der Waals surface area contributed by atoms with Gasteiger partial charge < -0.3 is 15.2 Å². The molecular formula is C17H26IN5. The van der Waals surface area contributed by atoms with E-state index in [9.17, 15) is 0 Å². The van der Waals surface area contributed by atoms with Crippen LogP contribution in [0.5, 0.6) is 0 Å². The van der Waals surface area contributed by atoms with E-state index in [1.54, 1.807) is 7.05 Å². The summed E-state index contributed by atoms with van der Waals surface area (Å²) in [6.45, 7) is 4.75. The van der Waals surface area contributed by atoms with Gasteiger partial charge in [0, 0.05) is 45.5 Å². The largest absolute Gasteiger partial charge is 0.356 e. The Kier molecular flexibility index (Phi) is 9.35. The molecule has 1 aromatic carbocycles. The summed E-state index contributed by atoms with van der Waals surface area (Å²) in [5, 5.41) is 6.58. The minimum Gasteiger partial charge on any atom is -0.356 e. The van der Waals surface area contributed by atoms with E-state index in [-0.39, 0.29) is 24.0 Å². The van der Waals surface area contributed by atoms with Crippen molar-refractivity contribution in [2.45, 2.75) is 26.3 Å². The number of imidazole rings is 1. The quantitative estimate of drug-likeness (QED) is 0.406. The molecule has 0 amide bonds. The second-order valence-electron chi connectivity index (χ2n) is 5.13. The maximum Gasteiger partial charge on any atom is 0.190 e. The summed E-state index contributed by atoms with van der Waals surface area (Å²) in [6.07, 6.45) is 5.85. The van der Waals surface area contributed by atoms with Gasteiger partial charge >= 0.3 is 0 Å².